The van der Waals surface area contributed by atoms with Crippen LogP contribution in [-0.4, -0.2) is 74.8 Å². The molecule has 0 aromatic heterocycles. The third-order valence-electron chi connectivity index (χ3n) is 7.19. The van der Waals surface area contributed by atoms with Crippen LogP contribution in [0.1, 0.15) is 51.4 Å². The maximum atomic E-state index is 10.1. The smallest absolute Gasteiger partial charge is 0.158 e. The van der Waals surface area contributed by atoms with Crippen molar-refractivity contribution in [1.82, 2.24) is 0 Å². The Balaban J connectivity index is 1.22. The molecule has 0 radical (unpaired) electrons. The first-order valence-electron chi connectivity index (χ1n) is 13.0. The summed E-state index contributed by atoms with van der Waals surface area (Å²) in [6, 6.07) is 7.32. The van der Waals surface area contributed by atoms with Gasteiger partial charge in [0, 0.05) is 37.0 Å². The zero-order chi connectivity index (χ0) is 24.0. The fourth-order valence-corrected chi connectivity index (χ4v) is 5.64. The highest BCUT2D eigenvalue weighted by Crippen LogP contribution is 2.42. The van der Waals surface area contributed by atoms with Crippen molar-refractivity contribution in [2.24, 2.45) is 5.92 Å². The number of halogens is 1. The molecule has 4 fully saturated rings. The Labute approximate surface area is 212 Å². The summed E-state index contributed by atoms with van der Waals surface area (Å²) < 4.78 is 42.5. The van der Waals surface area contributed by atoms with E-state index in [1.165, 1.54) is 0 Å². The second-order valence-electron chi connectivity index (χ2n) is 9.86. The van der Waals surface area contributed by atoms with Crippen molar-refractivity contribution in [2.45, 2.75) is 94.7 Å². The van der Waals surface area contributed by atoms with Crippen LogP contribution in [0.15, 0.2) is 24.3 Å². The molecule has 5 rings (SSSR count). The number of hydrogen-bond acceptors (Lipinski definition) is 8. The largest absolute Gasteiger partial charge is 0.491 e. The molecule has 0 spiro atoms. The van der Waals surface area contributed by atoms with Crippen LogP contribution in [0.3, 0.4) is 0 Å². The lowest BCUT2D eigenvalue weighted by Gasteiger charge is -2.32. The zero-order valence-corrected chi connectivity index (χ0v) is 20.9. The monoisotopic (exact) mass is 512 g/mol. The van der Waals surface area contributed by atoms with Gasteiger partial charge in [-0.3, -0.25) is 0 Å². The molecule has 7 unspecified atom stereocenters. The second kappa shape index (κ2) is 12.5. The Morgan fingerprint density at radius 1 is 1.00 bits per heavy atom. The van der Waals surface area contributed by atoms with Crippen molar-refractivity contribution < 1.29 is 38.3 Å². The van der Waals surface area contributed by atoms with Crippen LogP contribution in [0.5, 0.6) is 5.75 Å². The molecule has 0 bridgehead atoms. The maximum absolute atomic E-state index is 10.1. The van der Waals surface area contributed by atoms with Gasteiger partial charge >= 0.3 is 0 Å². The fourth-order valence-electron chi connectivity index (χ4n) is 5.46. The molecule has 8 atom stereocenters. The van der Waals surface area contributed by atoms with E-state index in [0.29, 0.717) is 43.4 Å². The Hall–Kier alpha value is -0.970. The molecule has 9 heteroatoms. The number of rotatable bonds is 10. The van der Waals surface area contributed by atoms with E-state index in [-0.39, 0.29) is 42.9 Å². The highest BCUT2D eigenvalue weighted by Gasteiger charge is 2.51. The summed E-state index contributed by atoms with van der Waals surface area (Å²) in [5.41, 5.74) is 0. The van der Waals surface area contributed by atoms with E-state index in [9.17, 15) is 5.11 Å². The molecule has 4 aliphatic rings. The molecule has 8 nitrogen and oxygen atoms in total. The van der Waals surface area contributed by atoms with E-state index in [2.05, 4.69) is 0 Å². The summed E-state index contributed by atoms with van der Waals surface area (Å²) in [4.78, 5) is 0. The molecule has 196 valence electrons. The van der Waals surface area contributed by atoms with Crippen molar-refractivity contribution >= 4 is 11.6 Å². The zero-order valence-electron chi connectivity index (χ0n) is 20.1. The molecule has 35 heavy (non-hydrogen) atoms. The number of ether oxygens (including phenoxy) is 7. The fraction of sp³-hybridized carbons (Fsp3) is 0.769. The van der Waals surface area contributed by atoms with Crippen molar-refractivity contribution in [3.63, 3.8) is 0 Å². The first kappa shape index (κ1) is 25.7. The van der Waals surface area contributed by atoms with Gasteiger partial charge in [0.15, 0.2) is 18.9 Å². The topological polar surface area (TPSA) is 84.8 Å². The summed E-state index contributed by atoms with van der Waals surface area (Å²) in [5.74, 6) is 0.749. The Bertz CT molecular complexity index is 784. The van der Waals surface area contributed by atoms with Gasteiger partial charge in [-0.2, -0.15) is 0 Å². The normalized spacial score (nSPS) is 36.1. The van der Waals surface area contributed by atoms with Gasteiger partial charge in [0.1, 0.15) is 18.5 Å². The first-order valence-corrected chi connectivity index (χ1v) is 13.4. The van der Waals surface area contributed by atoms with Gasteiger partial charge in [0.05, 0.1) is 24.9 Å². The lowest BCUT2D eigenvalue weighted by atomic mass is 10.0. The summed E-state index contributed by atoms with van der Waals surface area (Å²) in [7, 11) is 0. The number of aliphatic hydroxyl groups is 1. The SMILES string of the molecule is OC1C[C@@H]2C(CC(OC3CCCCO3)C2OCC(COc2cccc(Cl)c2)OC2CCCCO2)O1. The lowest BCUT2D eigenvalue weighted by molar-refractivity contribution is -0.227. The number of aliphatic hydroxyl groups excluding tert-OH is 1. The van der Waals surface area contributed by atoms with Crippen LogP contribution >= 0.6 is 11.6 Å². The van der Waals surface area contributed by atoms with E-state index >= 15 is 0 Å². The number of fused-ring (bicyclic) bond motifs is 1. The van der Waals surface area contributed by atoms with E-state index in [1.54, 1.807) is 6.07 Å². The van der Waals surface area contributed by atoms with Crippen molar-refractivity contribution in [1.29, 1.82) is 0 Å². The minimum absolute atomic E-state index is 0.0685. The number of hydrogen-bond donors (Lipinski definition) is 1. The molecule has 0 amide bonds. The van der Waals surface area contributed by atoms with Gasteiger partial charge in [0.25, 0.3) is 0 Å². The Morgan fingerprint density at radius 2 is 1.80 bits per heavy atom. The van der Waals surface area contributed by atoms with Crippen molar-refractivity contribution in [2.75, 3.05) is 26.4 Å². The van der Waals surface area contributed by atoms with Crippen molar-refractivity contribution in [3.8, 4) is 5.75 Å². The molecule has 3 aliphatic heterocycles. The highest BCUT2D eigenvalue weighted by atomic mass is 35.5. The van der Waals surface area contributed by atoms with Gasteiger partial charge in [-0.1, -0.05) is 17.7 Å². The first-order chi connectivity index (χ1) is 17.1. The van der Waals surface area contributed by atoms with E-state index in [1.807, 2.05) is 18.2 Å². The predicted molar refractivity (Wildman–Crippen MR) is 127 cm³/mol. The van der Waals surface area contributed by atoms with Crippen LogP contribution in [0.2, 0.25) is 5.02 Å². The van der Waals surface area contributed by atoms with Gasteiger partial charge < -0.3 is 38.3 Å². The third-order valence-corrected chi connectivity index (χ3v) is 7.42. The lowest BCUT2D eigenvalue weighted by Crippen LogP contribution is -2.40. The minimum atomic E-state index is -0.753. The number of benzene rings is 1. The van der Waals surface area contributed by atoms with E-state index in [4.69, 9.17) is 44.8 Å². The summed E-state index contributed by atoms with van der Waals surface area (Å²) in [5, 5.41) is 10.7. The standard InChI is InChI=1S/C26H37ClO8/c27-17-6-5-7-18(12-17)31-15-19(33-24-8-1-3-10-29-24)16-32-26-20-13-23(28)34-21(20)14-22(26)35-25-9-2-4-11-30-25/h5-7,12,19-26,28H,1-4,8-11,13-16H2/t19?,20-,21?,22?,23?,24?,25?,26?/m1/s1. The summed E-state index contributed by atoms with van der Waals surface area (Å²) in [6.45, 7) is 2.04. The summed E-state index contributed by atoms with van der Waals surface area (Å²) in [6.07, 6.45) is 5.25. The predicted octanol–water partition coefficient (Wildman–Crippen LogP) is 4.05. The Kier molecular flexibility index (Phi) is 9.18. The molecule has 3 heterocycles. The third kappa shape index (κ3) is 7.08. The molecule has 1 aliphatic carbocycles. The van der Waals surface area contributed by atoms with E-state index < -0.39 is 6.29 Å². The molecule has 1 aromatic carbocycles. The molecule has 1 N–H and O–H groups in total. The molecule has 1 aromatic rings. The Morgan fingerprint density at radius 3 is 2.54 bits per heavy atom. The van der Waals surface area contributed by atoms with Crippen LogP contribution in [0.25, 0.3) is 0 Å². The molecule has 3 saturated heterocycles. The van der Waals surface area contributed by atoms with Crippen LogP contribution < -0.4 is 4.74 Å². The van der Waals surface area contributed by atoms with Gasteiger partial charge in [-0.05, 0) is 56.7 Å². The van der Waals surface area contributed by atoms with Crippen LogP contribution in [0, 0.1) is 5.92 Å². The average Bonchev–Trinajstić information content (AvgIpc) is 3.37. The van der Waals surface area contributed by atoms with Crippen molar-refractivity contribution in [3.05, 3.63) is 29.3 Å². The second-order valence-corrected chi connectivity index (χ2v) is 10.3. The van der Waals surface area contributed by atoms with E-state index in [0.717, 1.165) is 45.1 Å². The quantitative estimate of drug-likeness (QED) is 0.502. The van der Waals surface area contributed by atoms with Gasteiger partial charge in [0.2, 0.25) is 0 Å². The van der Waals surface area contributed by atoms with Crippen LogP contribution in [0.4, 0.5) is 0 Å². The molecular formula is C26H37ClO8. The maximum Gasteiger partial charge on any atom is 0.158 e. The molecule has 1 saturated carbocycles. The highest BCUT2D eigenvalue weighted by molar-refractivity contribution is 6.30. The molecular weight excluding hydrogens is 476 g/mol. The van der Waals surface area contributed by atoms with Gasteiger partial charge in [-0.25, -0.2) is 0 Å². The average molecular weight is 513 g/mol. The summed E-state index contributed by atoms with van der Waals surface area (Å²) >= 11 is 6.11. The van der Waals surface area contributed by atoms with Gasteiger partial charge in [-0.15, -0.1) is 0 Å². The van der Waals surface area contributed by atoms with Crippen LogP contribution in [-0.2, 0) is 28.4 Å². The minimum Gasteiger partial charge on any atom is -0.491 e.